The first kappa shape index (κ1) is 18.1. The van der Waals surface area contributed by atoms with Crippen LogP contribution in [0.5, 0.6) is 0 Å². The molecule has 5 nitrogen and oxygen atoms in total. The van der Waals surface area contributed by atoms with Crippen molar-refractivity contribution in [2.24, 2.45) is 0 Å². The average Bonchev–Trinajstić information content (AvgIpc) is 2.93. The number of nitrogens with zero attached hydrogens (tertiary/aromatic N) is 1. The highest BCUT2D eigenvalue weighted by molar-refractivity contribution is 7.20. The number of halogens is 1. The van der Waals surface area contributed by atoms with Gasteiger partial charge in [0.25, 0.3) is 5.69 Å². The monoisotopic (exact) mass is 386 g/mol. The van der Waals surface area contributed by atoms with Crippen LogP contribution >= 0.6 is 22.9 Å². The van der Waals surface area contributed by atoms with Crippen LogP contribution in [0, 0.1) is 17.0 Å². The second-order valence-corrected chi connectivity index (χ2v) is 7.15. The van der Waals surface area contributed by atoms with E-state index in [4.69, 9.17) is 11.6 Å². The highest BCUT2D eigenvalue weighted by Gasteiger charge is 2.20. The first-order chi connectivity index (χ1) is 12.4. The van der Waals surface area contributed by atoms with Crippen LogP contribution in [0.2, 0.25) is 5.02 Å². The maximum absolute atomic E-state index is 12.2. The molecule has 0 saturated carbocycles. The maximum Gasteiger partial charge on any atom is 0.269 e. The molecule has 0 bridgehead atoms. The van der Waals surface area contributed by atoms with E-state index in [1.807, 2.05) is 25.1 Å². The number of anilines is 2. The summed E-state index contributed by atoms with van der Waals surface area (Å²) in [7, 11) is 0. The lowest BCUT2D eigenvalue weighted by atomic mass is 10.0. The number of non-ortho nitro benzene ring substituents is 1. The highest BCUT2D eigenvalue weighted by Crippen LogP contribution is 2.42. The number of hydrogen-bond donors (Lipinski definition) is 1. The molecule has 3 aromatic rings. The van der Waals surface area contributed by atoms with Gasteiger partial charge in [0.1, 0.15) is 5.00 Å². The Labute approximate surface area is 159 Å². The molecule has 0 atom stereocenters. The van der Waals surface area contributed by atoms with E-state index in [-0.39, 0.29) is 11.5 Å². The number of Topliss-reactive ketones (excluding diaryl/α,β-unsaturated/α-hetero) is 1. The van der Waals surface area contributed by atoms with E-state index in [1.54, 1.807) is 18.2 Å². The van der Waals surface area contributed by atoms with Gasteiger partial charge < -0.3 is 5.32 Å². The first-order valence-corrected chi connectivity index (χ1v) is 8.98. The van der Waals surface area contributed by atoms with Crippen LogP contribution in [0.4, 0.5) is 16.4 Å². The van der Waals surface area contributed by atoms with Crippen LogP contribution in [0.3, 0.4) is 0 Å². The summed E-state index contributed by atoms with van der Waals surface area (Å²) in [6.45, 7) is 3.40. The molecule has 0 fully saturated rings. The number of nitrogens with one attached hydrogen (secondary N) is 1. The minimum Gasteiger partial charge on any atom is -0.345 e. The van der Waals surface area contributed by atoms with Crippen LogP contribution in [0.25, 0.3) is 10.4 Å². The molecule has 0 spiro atoms. The molecule has 0 aliphatic carbocycles. The summed E-state index contributed by atoms with van der Waals surface area (Å²) >= 11 is 7.63. The fourth-order valence-corrected chi connectivity index (χ4v) is 4.18. The van der Waals surface area contributed by atoms with E-state index in [0.29, 0.717) is 21.3 Å². The largest absolute Gasteiger partial charge is 0.345 e. The summed E-state index contributed by atoms with van der Waals surface area (Å²) in [5.41, 5.74) is 3.01. The van der Waals surface area contributed by atoms with E-state index in [2.05, 4.69) is 5.32 Å². The standard InChI is InChI=1S/C19H15ClN2O3S/c1-11-17(12(2)23)19(21-16-6-4-3-5-15(16)20)26-18(11)13-7-9-14(10-8-13)22(24)25/h3-10,21H,1-2H3. The Hall–Kier alpha value is -2.70. The van der Waals surface area contributed by atoms with Crippen LogP contribution in [0.15, 0.2) is 48.5 Å². The molecule has 1 aromatic heterocycles. The molecule has 132 valence electrons. The van der Waals surface area contributed by atoms with Gasteiger partial charge in [-0.15, -0.1) is 11.3 Å². The van der Waals surface area contributed by atoms with Crippen molar-refractivity contribution in [1.82, 2.24) is 0 Å². The number of benzene rings is 2. The van der Waals surface area contributed by atoms with Crippen molar-refractivity contribution >= 4 is 45.1 Å². The van der Waals surface area contributed by atoms with Crippen molar-refractivity contribution < 1.29 is 9.72 Å². The molecule has 2 aromatic carbocycles. The number of para-hydroxylation sites is 1. The van der Waals surface area contributed by atoms with E-state index in [9.17, 15) is 14.9 Å². The molecule has 26 heavy (non-hydrogen) atoms. The molecule has 1 heterocycles. The van der Waals surface area contributed by atoms with Gasteiger partial charge in [0, 0.05) is 17.0 Å². The lowest BCUT2D eigenvalue weighted by Gasteiger charge is -2.07. The van der Waals surface area contributed by atoms with E-state index in [0.717, 1.165) is 16.0 Å². The summed E-state index contributed by atoms with van der Waals surface area (Å²) in [6.07, 6.45) is 0. The van der Waals surface area contributed by atoms with Gasteiger partial charge in [-0.05, 0) is 49.2 Å². The summed E-state index contributed by atoms with van der Waals surface area (Å²) in [4.78, 5) is 23.5. The fourth-order valence-electron chi connectivity index (χ4n) is 2.72. The van der Waals surface area contributed by atoms with Gasteiger partial charge in [-0.1, -0.05) is 23.7 Å². The van der Waals surface area contributed by atoms with Crippen molar-refractivity contribution in [3.63, 3.8) is 0 Å². The van der Waals surface area contributed by atoms with Crippen molar-refractivity contribution in [1.29, 1.82) is 0 Å². The topological polar surface area (TPSA) is 72.2 Å². The third kappa shape index (κ3) is 3.47. The Bertz CT molecular complexity index is 997. The third-order valence-corrected chi connectivity index (χ3v) is 5.55. The van der Waals surface area contributed by atoms with Crippen LogP contribution in [-0.2, 0) is 0 Å². The number of thiophene rings is 1. The van der Waals surface area contributed by atoms with Crippen molar-refractivity contribution in [3.05, 3.63) is 74.8 Å². The van der Waals surface area contributed by atoms with Crippen molar-refractivity contribution in [2.75, 3.05) is 5.32 Å². The first-order valence-electron chi connectivity index (χ1n) is 7.79. The molecule has 1 N–H and O–H groups in total. The minimum atomic E-state index is -0.434. The van der Waals surface area contributed by atoms with Crippen molar-refractivity contribution in [2.45, 2.75) is 13.8 Å². The zero-order chi connectivity index (χ0) is 18.8. The molecule has 0 saturated heterocycles. The summed E-state index contributed by atoms with van der Waals surface area (Å²) < 4.78 is 0. The summed E-state index contributed by atoms with van der Waals surface area (Å²) in [5.74, 6) is -0.0542. The molecular weight excluding hydrogens is 372 g/mol. The number of carbonyl (C=O) groups excluding carboxylic acids is 1. The summed E-state index contributed by atoms with van der Waals surface area (Å²) in [5, 5.41) is 15.3. The van der Waals surface area contributed by atoms with Crippen LogP contribution < -0.4 is 5.32 Å². The van der Waals surface area contributed by atoms with Gasteiger partial charge in [-0.3, -0.25) is 14.9 Å². The molecule has 0 aliphatic rings. The van der Waals surface area contributed by atoms with Gasteiger partial charge in [-0.25, -0.2) is 0 Å². The Morgan fingerprint density at radius 1 is 1.15 bits per heavy atom. The third-order valence-electron chi connectivity index (χ3n) is 3.96. The second-order valence-electron chi connectivity index (χ2n) is 5.73. The number of rotatable bonds is 5. The van der Waals surface area contributed by atoms with Crippen molar-refractivity contribution in [3.8, 4) is 10.4 Å². The number of nitro benzene ring substituents is 1. The predicted octanol–water partition coefficient (Wildman–Crippen LogP) is 6.23. The molecular formula is C19H15ClN2O3S. The summed E-state index contributed by atoms with van der Waals surface area (Å²) in [6, 6.07) is 13.6. The molecule has 0 amide bonds. The Morgan fingerprint density at radius 3 is 2.38 bits per heavy atom. The van der Waals surface area contributed by atoms with E-state index in [1.165, 1.54) is 30.4 Å². The van der Waals surface area contributed by atoms with Gasteiger partial charge in [-0.2, -0.15) is 0 Å². The van der Waals surface area contributed by atoms with Crippen LogP contribution in [-0.4, -0.2) is 10.7 Å². The number of hydrogen-bond acceptors (Lipinski definition) is 5. The molecule has 0 radical (unpaired) electrons. The normalized spacial score (nSPS) is 10.6. The lowest BCUT2D eigenvalue weighted by Crippen LogP contribution is -1.98. The minimum absolute atomic E-state index is 0.0316. The van der Waals surface area contributed by atoms with Gasteiger partial charge in [0.05, 0.1) is 21.2 Å². The molecule has 3 rings (SSSR count). The molecule has 0 aliphatic heterocycles. The number of nitro groups is 1. The number of ketones is 1. The fraction of sp³-hybridized carbons (Fsp3) is 0.105. The average molecular weight is 387 g/mol. The smallest absolute Gasteiger partial charge is 0.269 e. The van der Waals surface area contributed by atoms with E-state index < -0.39 is 4.92 Å². The lowest BCUT2D eigenvalue weighted by molar-refractivity contribution is -0.384. The Balaban J connectivity index is 2.06. The predicted molar refractivity (Wildman–Crippen MR) is 106 cm³/mol. The quantitative estimate of drug-likeness (QED) is 0.320. The SMILES string of the molecule is CC(=O)c1c(Nc2ccccc2Cl)sc(-c2ccc([N+](=O)[O-])cc2)c1C. The van der Waals surface area contributed by atoms with E-state index >= 15 is 0 Å². The highest BCUT2D eigenvalue weighted by atomic mass is 35.5. The zero-order valence-corrected chi connectivity index (χ0v) is 15.6. The number of carbonyl (C=O) groups is 1. The molecule has 0 unspecified atom stereocenters. The second kappa shape index (κ2) is 7.27. The molecule has 7 heteroatoms. The van der Waals surface area contributed by atoms with Gasteiger partial charge in [0.15, 0.2) is 5.78 Å². The zero-order valence-electron chi connectivity index (χ0n) is 14.1. The Morgan fingerprint density at radius 2 is 1.81 bits per heavy atom. The maximum atomic E-state index is 12.2. The van der Waals surface area contributed by atoms with Gasteiger partial charge >= 0.3 is 0 Å². The van der Waals surface area contributed by atoms with Gasteiger partial charge in [0.2, 0.25) is 0 Å². The van der Waals surface area contributed by atoms with Crippen LogP contribution in [0.1, 0.15) is 22.8 Å². The Kier molecular flexibility index (Phi) is 5.06.